The van der Waals surface area contributed by atoms with Gasteiger partial charge >= 0.3 is 0 Å². The van der Waals surface area contributed by atoms with Gasteiger partial charge in [0.2, 0.25) is 0 Å². The van der Waals surface area contributed by atoms with Crippen molar-refractivity contribution in [3.05, 3.63) is 67.0 Å². The summed E-state index contributed by atoms with van der Waals surface area (Å²) < 4.78 is 7.58. The molecule has 0 fully saturated rings. The molecule has 26 heavy (non-hydrogen) atoms. The van der Waals surface area contributed by atoms with Gasteiger partial charge in [0.15, 0.2) is 0 Å². The maximum Gasteiger partial charge on any atom is 0.0963 e. The van der Waals surface area contributed by atoms with Crippen molar-refractivity contribution in [3.63, 3.8) is 0 Å². The molecule has 1 heterocycles. The van der Waals surface area contributed by atoms with E-state index in [4.69, 9.17) is 4.74 Å². The van der Waals surface area contributed by atoms with E-state index < -0.39 is 6.10 Å². The average Bonchev–Trinajstić information content (AvgIpc) is 3.10. The van der Waals surface area contributed by atoms with Gasteiger partial charge in [0.05, 0.1) is 37.0 Å². The van der Waals surface area contributed by atoms with E-state index in [2.05, 4.69) is 36.2 Å². The van der Waals surface area contributed by atoms with Crippen molar-refractivity contribution in [2.45, 2.75) is 32.4 Å². The minimum atomic E-state index is -0.563. The molecule has 0 saturated heterocycles. The summed E-state index contributed by atoms with van der Waals surface area (Å²) in [7, 11) is 0. The van der Waals surface area contributed by atoms with Crippen LogP contribution in [0.15, 0.2) is 67.0 Å². The van der Waals surface area contributed by atoms with Crippen molar-refractivity contribution in [2.24, 2.45) is 0 Å². The zero-order valence-electron chi connectivity index (χ0n) is 15.2. The van der Waals surface area contributed by atoms with Gasteiger partial charge in [-0.15, -0.1) is 0 Å². The highest BCUT2D eigenvalue weighted by molar-refractivity contribution is 5.78. The van der Waals surface area contributed by atoms with Crippen LogP contribution < -0.4 is 0 Å². The number of imidazole rings is 1. The smallest absolute Gasteiger partial charge is 0.0963 e. The minimum Gasteiger partial charge on any atom is -0.389 e. The SMILES string of the molecule is CCCCOC[C@@H](O)Cn1cnc(-c2ccccc2)c1-c1ccccc1. The van der Waals surface area contributed by atoms with E-state index in [1.165, 1.54) is 0 Å². The summed E-state index contributed by atoms with van der Waals surface area (Å²) in [6.07, 6.45) is 3.36. The number of hydrogen-bond donors (Lipinski definition) is 1. The van der Waals surface area contributed by atoms with Crippen LogP contribution in [0.5, 0.6) is 0 Å². The van der Waals surface area contributed by atoms with Gasteiger partial charge in [0, 0.05) is 17.7 Å². The highest BCUT2D eigenvalue weighted by Crippen LogP contribution is 2.31. The number of hydrogen-bond acceptors (Lipinski definition) is 3. The van der Waals surface area contributed by atoms with Crippen LogP contribution in [0.3, 0.4) is 0 Å². The number of unbranched alkanes of at least 4 members (excludes halogenated alkanes) is 1. The number of aliphatic hydroxyl groups excluding tert-OH is 1. The van der Waals surface area contributed by atoms with Crippen molar-refractivity contribution in [1.29, 1.82) is 0 Å². The van der Waals surface area contributed by atoms with E-state index >= 15 is 0 Å². The molecule has 3 rings (SSSR count). The topological polar surface area (TPSA) is 47.3 Å². The first-order valence-corrected chi connectivity index (χ1v) is 9.21. The third-order valence-electron chi connectivity index (χ3n) is 4.29. The second kappa shape index (κ2) is 9.32. The predicted molar refractivity (Wildman–Crippen MR) is 105 cm³/mol. The van der Waals surface area contributed by atoms with Gasteiger partial charge in [-0.05, 0) is 6.42 Å². The first-order chi connectivity index (χ1) is 12.8. The average molecular weight is 350 g/mol. The normalized spacial score (nSPS) is 12.2. The molecule has 2 aromatic carbocycles. The highest BCUT2D eigenvalue weighted by Gasteiger charge is 2.17. The second-order valence-corrected chi connectivity index (χ2v) is 6.41. The molecule has 4 nitrogen and oxygen atoms in total. The van der Waals surface area contributed by atoms with Crippen LogP contribution in [0.4, 0.5) is 0 Å². The molecule has 1 atom stereocenters. The van der Waals surface area contributed by atoms with Gasteiger partial charge in [-0.1, -0.05) is 74.0 Å². The molecule has 1 N–H and O–H groups in total. The summed E-state index contributed by atoms with van der Waals surface area (Å²) in [6.45, 7) is 3.62. The fraction of sp³-hybridized carbons (Fsp3) is 0.318. The Hall–Kier alpha value is -2.43. The lowest BCUT2D eigenvalue weighted by atomic mass is 10.0. The molecule has 136 valence electrons. The molecule has 0 bridgehead atoms. The molecular formula is C22H26N2O2. The van der Waals surface area contributed by atoms with Crippen LogP contribution >= 0.6 is 0 Å². The highest BCUT2D eigenvalue weighted by atomic mass is 16.5. The molecule has 0 amide bonds. The molecule has 0 radical (unpaired) electrons. The Kier molecular flexibility index (Phi) is 6.58. The number of ether oxygens (including phenoxy) is 1. The zero-order chi connectivity index (χ0) is 18.2. The fourth-order valence-electron chi connectivity index (χ4n) is 2.97. The second-order valence-electron chi connectivity index (χ2n) is 6.41. The van der Waals surface area contributed by atoms with E-state index in [1.54, 1.807) is 6.33 Å². The summed E-state index contributed by atoms with van der Waals surface area (Å²) in [6, 6.07) is 20.3. The molecule has 0 aliphatic heterocycles. The Bertz CT molecular complexity index is 784. The monoisotopic (exact) mass is 350 g/mol. The first kappa shape index (κ1) is 18.4. The third kappa shape index (κ3) is 4.59. The minimum absolute atomic E-state index is 0.340. The predicted octanol–water partition coefficient (Wildman–Crippen LogP) is 4.39. The van der Waals surface area contributed by atoms with Gasteiger partial charge in [-0.25, -0.2) is 4.98 Å². The Balaban J connectivity index is 1.85. The number of aromatic nitrogens is 2. The first-order valence-electron chi connectivity index (χ1n) is 9.21. The van der Waals surface area contributed by atoms with Gasteiger partial charge in [0.25, 0.3) is 0 Å². The number of rotatable bonds is 9. The van der Waals surface area contributed by atoms with Crippen LogP contribution in [0.25, 0.3) is 22.5 Å². The molecule has 4 heteroatoms. The van der Waals surface area contributed by atoms with Crippen LogP contribution in [0, 0.1) is 0 Å². The lowest BCUT2D eigenvalue weighted by Gasteiger charge is -2.15. The fourth-order valence-corrected chi connectivity index (χ4v) is 2.97. The molecule has 0 aliphatic rings. The maximum absolute atomic E-state index is 10.4. The lowest BCUT2D eigenvalue weighted by Crippen LogP contribution is -2.22. The maximum atomic E-state index is 10.4. The van der Waals surface area contributed by atoms with Crippen LogP contribution in [0.1, 0.15) is 19.8 Å². The molecule has 0 aliphatic carbocycles. The van der Waals surface area contributed by atoms with E-state index in [9.17, 15) is 5.11 Å². The van der Waals surface area contributed by atoms with Gasteiger partial charge in [-0.3, -0.25) is 0 Å². The van der Waals surface area contributed by atoms with Crippen LogP contribution in [-0.2, 0) is 11.3 Å². The zero-order valence-corrected chi connectivity index (χ0v) is 15.2. The number of nitrogens with zero attached hydrogens (tertiary/aromatic N) is 2. The van der Waals surface area contributed by atoms with E-state index in [-0.39, 0.29) is 0 Å². The quantitative estimate of drug-likeness (QED) is 0.582. The van der Waals surface area contributed by atoms with Gasteiger partial charge < -0.3 is 14.4 Å². The Morgan fingerprint density at radius 2 is 1.65 bits per heavy atom. The Morgan fingerprint density at radius 3 is 2.31 bits per heavy atom. The van der Waals surface area contributed by atoms with E-state index in [1.807, 2.05) is 41.0 Å². The molecule has 0 unspecified atom stereocenters. The molecule has 0 spiro atoms. The largest absolute Gasteiger partial charge is 0.389 e. The lowest BCUT2D eigenvalue weighted by molar-refractivity contribution is 0.0273. The van der Waals surface area contributed by atoms with E-state index in [0.717, 1.165) is 35.4 Å². The van der Waals surface area contributed by atoms with Crippen molar-refractivity contribution in [3.8, 4) is 22.5 Å². The molecule has 1 aromatic heterocycles. The standard InChI is InChI=1S/C22H26N2O2/c1-2-3-14-26-16-20(25)15-24-17-23-21(18-10-6-4-7-11-18)22(24)19-12-8-5-9-13-19/h4-13,17,20,25H,2-3,14-16H2,1H3/t20-/m0/s1. The van der Waals surface area contributed by atoms with E-state index in [0.29, 0.717) is 19.8 Å². The summed E-state index contributed by atoms with van der Waals surface area (Å²) in [5.41, 5.74) is 4.10. The third-order valence-corrected chi connectivity index (χ3v) is 4.29. The summed E-state index contributed by atoms with van der Waals surface area (Å²) >= 11 is 0. The summed E-state index contributed by atoms with van der Waals surface area (Å²) in [5.74, 6) is 0. The van der Waals surface area contributed by atoms with Gasteiger partial charge in [-0.2, -0.15) is 0 Å². The Morgan fingerprint density at radius 1 is 1.00 bits per heavy atom. The summed E-state index contributed by atoms with van der Waals surface area (Å²) in [5, 5.41) is 10.4. The van der Waals surface area contributed by atoms with Gasteiger partial charge in [0.1, 0.15) is 0 Å². The molecule has 0 saturated carbocycles. The molecular weight excluding hydrogens is 324 g/mol. The number of benzene rings is 2. The van der Waals surface area contributed by atoms with Crippen LogP contribution in [-0.4, -0.2) is 34.0 Å². The van der Waals surface area contributed by atoms with Crippen molar-refractivity contribution >= 4 is 0 Å². The number of aliphatic hydroxyl groups is 1. The van der Waals surface area contributed by atoms with Crippen LogP contribution in [0.2, 0.25) is 0 Å². The Labute approximate surface area is 155 Å². The van der Waals surface area contributed by atoms with Crippen molar-refractivity contribution in [2.75, 3.05) is 13.2 Å². The van der Waals surface area contributed by atoms with Crippen molar-refractivity contribution in [1.82, 2.24) is 9.55 Å². The van der Waals surface area contributed by atoms with Crippen molar-refractivity contribution < 1.29 is 9.84 Å². The summed E-state index contributed by atoms with van der Waals surface area (Å²) in [4.78, 5) is 4.64. The molecule has 3 aromatic rings.